The van der Waals surface area contributed by atoms with Crippen LogP contribution in [0.5, 0.6) is 5.75 Å². The Bertz CT molecular complexity index is 720. The van der Waals surface area contributed by atoms with Crippen molar-refractivity contribution < 1.29 is 9.53 Å². The molecule has 0 unspecified atom stereocenters. The summed E-state index contributed by atoms with van der Waals surface area (Å²) in [4.78, 5) is 14.4. The summed E-state index contributed by atoms with van der Waals surface area (Å²) in [5.41, 5.74) is 2.65. The summed E-state index contributed by atoms with van der Waals surface area (Å²) in [6, 6.07) is 9.68. The van der Waals surface area contributed by atoms with E-state index in [0.29, 0.717) is 18.8 Å². The number of hydrogen-bond donors (Lipinski definition) is 1. The Kier molecular flexibility index (Phi) is 6.04. The molecule has 2 aromatic rings. The molecular formula is C20H26N4O2. The predicted molar refractivity (Wildman–Crippen MR) is 102 cm³/mol. The summed E-state index contributed by atoms with van der Waals surface area (Å²) < 4.78 is 5.69. The van der Waals surface area contributed by atoms with Gasteiger partial charge in [-0.3, -0.25) is 4.79 Å². The Hall–Kier alpha value is -2.63. The highest BCUT2D eigenvalue weighted by Gasteiger charge is 2.14. The van der Waals surface area contributed by atoms with Gasteiger partial charge in [0.1, 0.15) is 12.4 Å². The molecule has 138 valence electrons. The van der Waals surface area contributed by atoms with Crippen LogP contribution in [0.4, 0.5) is 5.82 Å². The van der Waals surface area contributed by atoms with Crippen LogP contribution in [-0.2, 0) is 0 Å². The van der Waals surface area contributed by atoms with Crippen LogP contribution >= 0.6 is 0 Å². The fraction of sp³-hybridized carbons (Fsp3) is 0.450. The number of aryl methyl sites for hydroxylation is 2. The second-order valence-electron chi connectivity index (χ2n) is 6.75. The average molecular weight is 354 g/mol. The number of amides is 1. The quantitative estimate of drug-likeness (QED) is 0.808. The summed E-state index contributed by atoms with van der Waals surface area (Å²) in [7, 11) is 0. The SMILES string of the molecule is Cc1cc(C)cc(OCCNC(=O)c2ccc(N3CCCCC3)nn2)c1. The van der Waals surface area contributed by atoms with Gasteiger partial charge >= 0.3 is 0 Å². The van der Waals surface area contributed by atoms with Crippen molar-refractivity contribution in [1.29, 1.82) is 0 Å². The van der Waals surface area contributed by atoms with Gasteiger partial charge in [0.25, 0.3) is 5.91 Å². The number of nitrogens with zero attached hydrogens (tertiary/aromatic N) is 3. The van der Waals surface area contributed by atoms with E-state index in [-0.39, 0.29) is 5.91 Å². The maximum Gasteiger partial charge on any atom is 0.271 e. The molecule has 6 nitrogen and oxygen atoms in total. The monoisotopic (exact) mass is 354 g/mol. The Balaban J connectivity index is 1.45. The van der Waals surface area contributed by atoms with E-state index in [1.54, 1.807) is 6.07 Å². The molecule has 1 N–H and O–H groups in total. The molecule has 1 aliphatic rings. The number of benzene rings is 1. The van der Waals surface area contributed by atoms with Crippen molar-refractivity contribution in [3.63, 3.8) is 0 Å². The van der Waals surface area contributed by atoms with Gasteiger partial charge in [0.15, 0.2) is 11.5 Å². The predicted octanol–water partition coefficient (Wildman–Crippen LogP) is 2.89. The Labute approximate surface area is 154 Å². The Morgan fingerprint density at radius 1 is 1.08 bits per heavy atom. The van der Waals surface area contributed by atoms with E-state index in [4.69, 9.17) is 4.74 Å². The van der Waals surface area contributed by atoms with E-state index in [1.165, 1.54) is 19.3 Å². The molecule has 1 aromatic carbocycles. The minimum absolute atomic E-state index is 0.230. The maximum atomic E-state index is 12.2. The molecule has 1 fully saturated rings. The van der Waals surface area contributed by atoms with Crippen LogP contribution in [0.2, 0.25) is 0 Å². The second-order valence-corrected chi connectivity index (χ2v) is 6.75. The van der Waals surface area contributed by atoms with Gasteiger partial charge in [-0.2, -0.15) is 0 Å². The lowest BCUT2D eigenvalue weighted by Crippen LogP contribution is -2.31. The molecule has 26 heavy (non-hydrogen) atoms. The number of carbonyl (C=O) groups excluding carboxylic acids is 1. The summed E-state index contributed by atoms with van der Waals surface area (Å²) >= 11 is 0. The third-order valence-electron chi connectivity index (χ3n) is 4.41. The van der Waals surface area contributed by atoms with Gasteiger partial charge < -0.3 is 15.0 Å². The second kappa shape index (κ2) is 8.65. The molecule has 0 atom stereocenters. The highest BCUT2D eigenvalue weighted by atomic mass is 16.5. The fourth-order valence-corrected chi connectivity index (χ4v) is 3.18. The highest BCUT2D eigenvalue weighted by molar-refractivity contribution is 5.92. The van der Waals surface area contributed by atoms with E-state index in [9.17, 15) is 4.79 Å². The lowest BCUT2D eigenvalue weighted by molar-refractivity contribution is 0.0941. The number of anilines is 1. The Morgan fingerprint density at radius 2 is 1.81 bits per heavy atom. The third kappa shape index (κ3) is 4.94. The van der Waals surface area contributed by atoms with Crippen LogP contribution in [-0.4, -0.2) is 42.3 Å². The summed E-state index contributed by atoms with van der Waals surface area (Å²) in [6.07, 6.45) is 3.64. The highest BCUT2D eigenvalue weighted by Crippen LogP contribution is 2.17. The number of nitrogens with one attached hydrogen (secondary N) is 1. The minimum atomic E-state index is -0.230. The number of rotatable bonds is 6. The van der Waals surface area contributed by atoms with Crippen molar-refractivity contribution >= 4 is 11.7 Å². The summed E-state index contributed by atoms with van der Waals surface area (Å²) in [5.74, 6) is 1.44. The topological polar surface area (TPSA) is 67.3 Å². The average Bonchev–Trinajstić information content (AvgIpc) is 2.65. The minimum Gasteiger partial charge on any atom is -0.492 e. The lowest BCUT2D eigenvalue weighted by atomic mass is 10.1. The number of aromatic nitrogens is 2. The zero-order chi connectivity index (χ0) is 18.4. The number of piperidine rings is 1. The van der Waals surface area contributed by atoms with Crippen molar-refractivity contribution in [1.82, 2.24) is 15.5 Å². The van der Waals surface area contributed by atoms with Gasteiger partial charge in [0.05, 0.1) is 6.54 Å². The molecule has 0 saturated carbocycles. The smallest absolute Gasteiger partial charge is 0.271 e. The maximum absolute atomic E-state index is 12.2. The van der Waals surface area contributed by atoms with Crippen LogP contribution in [0.1, 0.15) is 40.9 Å². The first-order valence-electron chi connectivity index (χ1n) is 9.20. The first-order valence-corrected chi connectivity index (χ1v) is 9.20. The number of carbonyl (C=O) groups is 1. The largest absolute Gasteiger partial charge is 0.492 e. The molecule has 0 radical (unpaired) electrons. The molecule has 1 amide bonds. The van der Waals surface area contributed by atoms with Crippen molar-refractivity contribution in [3.05, 3.63) is 47.2 Å². The first kappa shape index (κ1) is 18.2. The van der Waals surface area contributed by atoms with Gasteiger partial charge in [-0.15, -0.1) is 10.2 Å². The van der Waals surface area contributed by atoms with Crippen LogP contribution in [0.25, 0.3) is 0 Å². The molecule has 0 spiro atoms. The summed E-state index contributed by atoms with van der Waals surface area (Å²) in [5, 5.41) is 11.1. The van der Waals surface area contributed by atoms with Crippen LogP contribution < -0.4 is 15.0 Å². The van der Waals surface area contributed by atoms with Crippen LogP contribution in [0, 0.1) is 13.8 Å². The van der Waals surface area contributed by atoms with Gasteiger partial charge in [-0.1, -0.05) is 6.07 Å². The number of ether oxygens (including phenoxy) is 1. The van der Waals surface area contributed by atoms with Gasteiger partial charge in [-0.05, 0) is 68.5 Å². The van der Waals surface area contributed by atoms with Gasteiger partial charge in [-0.25, -0.2) is 0 Å². The van der Waals surface area contributed by atoms with Crippen LogP contribution in [0.3, 0.4) is 0 Å². The van der Waals surface area contributed by atoms with Gasteiger partial charge in [0.2, 0.25) is 0 Å². The van der Waals surface area contributed by atoms with E-state index >= 15 is 0 Å². The van der Waals surface area contributed by atoms with Crippen molar-refractivity contribution in [2.45, 2.75) is 33.1 Å². The van der Waals surface area contributed by atoms with E-state index < -0.39 is 0 Å². The van der Waals surface area contributed by atoms with E-state index in [2.05, 4.69) is 26.5 Å². The fourth-order valence-electron chi connectivity index (χ4n) is 3.18. The van der Waals surface area contributed by atoms with E-state index in [0.717, 1.165) is 35.8 Å². The molecule has 2 heterocycles. The molecule has 1 aliphatic heterocycles. The normalized spacial score (nSPS) is 14.2. The molecule has 6 heteroatoms. The third-order valence-corrected chi connectivity index (χ3v) is 4.41. The van der Waals surface area contributed by atoms with Crippen LogP contribution in [0.15, 0.2) is 30.3 Å². The molecular weight excluding hydrogens is 328 g/mol. The molecule has 0 aliphatic carbocycles. The standard InChI is InChI=1S/C20H26N4O2/c1-15-12-16(2)14-17(13-15)26-11-8-21-20(25)18-6-7-19(23-22-18)24-9-4-3-5-10-24/h6-7,12-14H,3-5,8-11H2,1-2H3,(H,21,25). The zero-order valence-corrected chi connectivity index (χ0v) is 15.5. The zero-order valence-electron chi connectivity index (χ0n) is 15.5. The molecule has 1 saturated heterocycles. The molecule has 3 rings (SSSR count). The van der Waals surface area contributed by atoms with Gasteiger partial charge in [0, 0.05) is 13.1 Å². The lowest BCUT2D eigenvalue weighted by Gasteiger charge is -2.27. The van der Waals surface area contributed by atoms with Crippen molar-refractivity contribution in [3.8, 4) is 5.75 Å². The van der Waals surface area contributed by atoms with Crippen molar-refractivity contribution in [2.24, 2.45) is 0 Å². The molecule has 0 bridgehead atoms. The first-order chi connectivity index (χ1) is 12.6. The van der Waals surface area contributed by atoms with Crippen molar-refractivity contribution in [2.75, 3.05) is 31.1 Å². The van der Waals surface area contributed by atoms with E-state index in [1.807, 2.05) is 32.0 Å². The Morgan fingerprint density at radius 3 is 2.46 bits per heavy atom. The summed E-state index contributed by atoms with van der Waals surface area (Å²) in [6.45, 7) is 6.92. The molecule has 1 aromatic heterocycles. The number of hydrogen-bond acceptors (Lipinski definition) is 5.